The first kappa shape index (κ1) is 17.5. The molecule has 1 amide bonds. The molecule has 0 aliphatic carbocycles. The second-order valence-corrected chi connectivity index (χ2v) is 7.72. The van der Waals surface area contributed by atoms with E-state index >= 15 is 0 Å². The van der Waals surface area contributed by atoms with Gasteiger partial charge < -0.3 is 10.0 Å². The summed E-state index contributed by atoms with van der Waals surface area (Å²) in [6, 6.07) is 12.4. The number of amides is 1. The van der Waals surface area contributed by atoms with E-state index in [0.29, 0.717) is 21.8 Å². The topological polar surface area (TPSA) is 57.6 Å². The van der Waals surface area contributed by atoms with Gasteiger partial charge in [0.1, 0.15) is 5.92 Å². The van der Waals surface area contributed by atoms with Crippen molar-refractivity contribution < 1.29 is 14.7 Å². The van der Waals surface area contributed by atoms with Crippen molar-refractivity contribution in [3.05, 3.63) is 64.2 Å². The number of hydrogen-bond donors (Lipinski definition) is 1. The molecular formula is C20H20ClNO3. The molecule has 25 heavy (non-hydrogen) atoms. The van der Waals surface area contributed by atoms with Crippen molar-refractivity contribution in [1.29, 1.82) is 0 Å². The van der Waals surface area contributed by atoms with E-state index in [4.69, 9.17) is 11.6 Å². The van der Waals surface area contributed by atoms with Crippen molar-refractivity contribution >= 4 is 29.2 Å². The van der Waals surface area contributed by atoms with Crippen LogP contribution in [0.4, 0.5) is 5.69 Å². The summed E-state index contributed by atoms with van der Waals surface area (Å²) < 4.78 is 0. The molecule has 1 heterocycles. The lowest BCUT2D eigenvalue weighted by Gasteiger charge is -2.33. The molecule has 0 saturated heterocycles. The Morgan fingerprint density at radius 2 is 1.88 bits per heavy atom. The molecule has 1 unspecified atom stereocenters. The minimum Gasteiger partial charge on any atom is -0.481 e. The molecule has 1 atom stereocenters. The lowest BCUT2D eigenvalue weighted by atomic mass is 9.86. The van der Waals surface area contributed by atoms with Crippen LogP contribution in [0, 0.1) is 0 Å². The quantitative estimate of drug-likeness (QED) is 0.862. The van der Waals surface area contributed by atoms with Crippen LogP contribution in [0.3, 0.4) is 0 Å². The minimum atomic E-state index is -0.942. The number of aliphatic carboxylic acids is 1. The Bertz CT molecular complexity index is 854. The fourth-order valence-electron chi connectivity index (χ4n) is 3.22. The summed E-state index contributed by atoms with van der Waals surface area (Å²) in [4.78, 5) is 26.1. The minimum absolute atomic E-state index is 0.0936. The lowest BCUT2D eigenvalue weighted by Crippen LogP contribution is -2.42. The van der Waals surface area contributed by atoms with E-state index in [1.165, 1.54) is 4.90 Å². The highest BCUT2D eigenvalue weighted by Gasteiger charge is 2.36. The first-order valence-electron chi connectivity index (χ1n) is 8.14. The molecule has 0 aromatic heterocycles. The molecule has 0 spiro atoms. The van der Waals surface area contributed by atoms with Gasteiger partial charge >= 0.3 is 5.97 Å². The summed E-state index contributed by atoms with van der Waals surface area (Å²) in [5, 5.41) is 10.2. The maximum atomic E-state index is 12.9. The zero-order chi connectivity index (χ0) is 18.4. The van der Waals surface area contributed by atoms with Crippen molar-refractivity contribution in [2.45, 2.75) is 32.1 Å². The predicted molar refractivity (Wildman–Crippen MR) is 98.6 cm³/mol. The summed E-state index contributed by atoms with van der Waals surface area (Å²) in [6.07, 6.45) is 0. The van der Waals surface area contributed by atoms with E-state index in [2.05, 4.69) is 20.8 Å². The highest BCUT2D eigenvalue weighted by molar-refractivity contribution is 6.32. The van der Waals surface area contributed by atoms with Crippen LogP contribution in [0.1, 0.15) is 48.2 Å². The summed E-state index contributed by atoms with van der Waals surface area (Å²) in [7, 11) is 0. The predicted octanol–water partition coefficient (Wildman–Crippen LogP) is 4.47. The van der Waals surface area contributed by atoms with Crippen molar-refractivity contribution in [2.75, 3.05) is 11.4 Å². The highest BCUT2D eigenvalue weighted by Crippen LogP contribution is 2.36. The van der Waals surface area contributed by atoms with Gasteiger partial charge in [0.2, 0.25) is 0 Å². The third-order valence-electron chi connectivity index (χ3n) is 4.55. The average Bonchev–Trinajstić information content (AvgIpc) is 2.54. The molecule has 0 radical (unpaired) electrons. The van der Waals surface area contributed by atoms with Crippen molar-refractivity contribution in [3.8, 4) is 0 Å². The molecule has 5 heteroatoms. The van der Waals surface area contributed by atoms with Gasteiger partial charge in [-0.05, 0) is 34.7 Å². The molecule has 130 valence electrons. The van der Waals surface area contributed by atoms with Crippen molar-refractivity contribution in [1.82, 2.24) is 0 Å². The van der Waals surface area contributed by atoms with Crippen LogP contribution in [-0.4, -0.2) is 23.5 Å². The summed E-state index contributed by atoms with van der Waals surface area (Å²) >= 11 is 6.43. The van der Waals surface area contributed by atoms with Gasteiger partial charge in [0, 0.05) is 22.8 Å². The van der Waals surface area contributed by atoms with Crippen LogP contribution < -0.4 is 4.90 Å². The molecule has 1 N–H and O–H groups in total. The van der Waals surface area contributed by atoms with Crippen LogP contribution in [0.25, 0.3) is 0 Å². The van der Waals surface area contributed by atoms with Crippen molar-refractivity contribution in [2.24, 2.45) is 0 Å². The van der Waals surface area contributed by atoms with E-state index < -0.39 is 11.9 Å². The van der Waals surface area contributed by atoms with Gasteiger partial charge in [-0.1, -0.05) is 56.6 Å². The van der Waals surface area contributed by atoms with E-state index in [1.54, 1.807) is 30.3 Å². The van der Waals surface area contributed by atoms with Gasteiger partial charge in [0.05, 0.1) is 0 Å². The number of halogens is 1. The van der Waals surface area contributed by atoms with Crippen LogP contribution >= 0.6 is 11.6 Å². The summed E-state index contributed by atoms with van der Waals surface area (Å²) in [6.45, 7) is 6.29. The van der Waals surface area contributed by atoms with Gasteiger partial charge in [0.15, 0.2) is 0 Å². The van der Waals surface area contributed by atoms with E-state index in [0.717, 1.165) is 5.56 Å². The molecule has 4 nitrogen and oxygen atoms in total. The second-order valence-electron chi connectivity index (χ2n) is 7.31. The number of nitrogens with zero attached hydrogens (tertiary/aromatic N) is 1. The number of carboxylic acid groups (broad SMARTS) is 1. The second kappa shape index (κ2) is 6.19. The molecule has 0 fully saturated rings. The Hall–Kier alpha value is -2.33. The lowest BCUT2D eigenvalue weighted by molar-refractivity contribution is -0.138. The maximum Gasteiger partial charge on any atom is 0.312 e. The number of carboxylic acids is 1. The number of carbonyl (C=O) groups excluding carboxylic acids is 1. The number of benzene rings is 2. The Kier molecular flexibility index (Phi) is 4.33. The van der Waals surface area contributed by atoms with E-state index in [1.807, 2.05) is 12.1 Å². The van der Waals surface area contributed by atoms with Crippen LogP contribution in [0.5, 0.6) is 0 Å². The number of anilines is 1. The maximum absolute atomic E-state index is 12.9. The molecule has 0 saturated carbocycles. The molecule has 1 aliphatic rings. The fourth-order valence-corrected chi connectivity index (χ4v) is 3.68. The molecule has 2 aromatic carbocycles. The van der Waals surface area contributed by atoms with Gasteiger partial charge in [-0.3, -0.25) is 9.59 Å². The molecular weight excluding hydrogens is 338 g/mol. The third-order valence-corrected chi connectivity index (χ3v) is 4.86. The average molecular weight is 358 g/mol. The standard InChI is InChI=1S/C20H20ClNO3/c1-20(2,3)16-9-8-12(10-17(16)21)22-11-15(19(24)25)13-6-4-5-7-14(13)18(22)23/h4-10,15H,11H2,1-3H3,(H,24,25). The largest absolute Gasteiger partial charge is 0.481 e. The summed E-state index contributed by atoms with van der Waals surface area (Å²) in [5.74, 6) is -1.90. The third kappa shape index (κ3) is 3.14. The zero-order valence-electron chi connectivity index (χ0n) is 14.4. The summed E-state index contributed by atoms with van der Waals surface area (Å²) in [5.41, 5.74) is 2.48. The van der Waals surface area contributed by atoms with Crippen LogP contribution in [-0.2, 0) is 10.2 Å². The molecule has 0 bridgehead atoms. The van der Waals surface area contributed by atoms with Crippen LogP contribution in [0.15, 0.2) is 42.5 Å². The Morgan fingerprint density at radius 1 is 1.20 bits per heavy atom. The van der Waals surface area contributed by atoms with Gasteiger partial charge in [-0.25, -0.2) is 0 Å². The number of carbonyl (C=O) groups is 2. The smallest absolute Gasteiger partial charge is 0.312 e. The number of hydrogen-bond acceptors (Lipinski definition) is 2. The highest BCUT2D eigenvalue weighted by atomic mass is 35.5. The molecule has 3 rings (SSSR count). The number of fused-ring (bicyclic) bond motifs is 1. The van der Waals surface area contributed by atoms with Gasteiger partial charge in [-0.2, -0.15) is 0 Å². The first-order chi connectivity index (χ1) is 11.7. The Balaban J connectivity index is 2.05. The normalized spacial score (nSPS) is 17.4. The molecule has 2 aromatic rings. The van der Waals surface area contributed by atoms with E-state index in [9.17, 15) is 14.7 Å². The van der Waals surface area contributed by atoms with Gasteiger partial charge in [0.25, 0.3) is 5.91 Å². The first-order valence-corrected chi connectivity index (χ1v) is 8.51. The monoisotopic (exact) mass is 357 g/mol. The van der Waals surface area contributed by atoms with Crippen molar-refractivity contribution in [3.63, 3.8) is 0 Å². The van der Waals surface area contributed by atoms with Crippen LogP contribution in [0.2, 0.25) is 5.02 Å². The Labute approximate surface area is 152 Å². The zero-order valence-corrected chi connectivity index (χ0v) is 15.2. The number of rotatable bonds is 2. The van der Waals surface area contributed by atoms with Gasteiger partial charge in [-0.15, -0.1) is 0 Å². The Morgan fingerprint density at radius 3 is 2.48 bits per heavy atom. The molecule has 1 aliphatic heterocycles. The fraction of sp³-hybridized carbons (Fsp3) is 0.300. The van der Waals surface area contributed by atoms with E-state index in [-0.39, 0.29) is 17.9 Å². The SMILES string of the molecule is CC(C)(C)c1ccc(N2CC(C(=O)O)c3ccccc3C2=O)cc1Cl.